The molecular weight excluding hydrogens is 168 g/mol. The lowest BCUT2D eigenvalue weighted by molar-refractivity contribution is 0.143. The topological polar surface area (TPSA) is 0 Å². The van der Waals surface area contributed by atoms with Crippen LogP contribution in [0.2, 0.25) is 0 Å². The Bertz CT molecular complexity index is 137. The fraction of sp³-hybridized carbons (Fsp3) is 0.929. The zero-order valence-corrected chi connectivity index (χ0v) is 10.9. The lowest BCUT2D eigenvalue weighted by Crippen LogP contribution is -2.29. The fourth-order valence-corrected chi connectivity index (χ4v) is 1.51. The zero-order valence-electron chi connectivity index (χ0n) is 10.9. The van der Waals surface area contributed by atoms with Gasteiger partial charge in [0.25, 0.3) is 0 Å². The Labute approximate surface area is 91.5 Å². The summed E-state index contributed by atoms with van der Waals surface area (Å²) in [6.07, 6.45) is 8.22. The van der Waals surface area contributed by atoms with E-state index in [1.54, 1.807) is 0 Å². The van der Waals surface area contributed by atoms with Gasteiger partial charge in [-0.2, -0.15) is 0 Å². The SMILES string of the molecule is [CH2]C(C)(C)C(C)(C)CCCCCCC. The van der Waals surface area contributed by atoms with Gasteiger partial charge in [-0.15, -0.1) is 0 Å². The summed E-state index contributed by atoms with van der Waals surface area (Å²) in [7, 11) is 0. The molecule has 14 heavy (non-hydrogen) atoms. The van der Waals surface area contributed by atoms with Gasteiger partial charge in [-0.25, -0.2) is 0 Å². The largest absolute Gasteiger partial charge is 0.0654 e. The zero-order chi connectivity index (χ0) is 11.2. The molecule has 0 spiro atoms. The Hall–Kier alpha value is 0. The summed E-state index contributed by atoms with van der Waals surface area (Å²) in [5, 5.41) is 0. The van der Waals surface area contributed by atoms with E-state index in [4.69, 9.17) is 0 Å². The first-order chi connectivity index (χ1) is 6.31. The molecule has 1 radical (unpaired) electrons. The van der Waals surface area contributed by atoms with Gasteiger partial charge < -0.3 is 0 Å². The van der Waals surface area contributed by atoms with Crippen LogP contribution in [0.1, 0.15) is 73.1 Å². The van der Waals surface area contributed by atoms with Crippen LogP contribution in [0.25, 0.3) is 0 Å². The molecule has 0 aliphatic carbocycles. The summed E-state index contributed by atoms with van der Waals surface area (Å²) in [4.78, 5) is 0. The maximum absolute atomic E-state index is 4.26. The van der Waals surface area contributed by atoms with E-state index >= 15 is 0 Å². The van der Waals surface area contributed by atoms with E-state index in [9.17, 15) is 0 Å². The van der Waals surface area contributed by atoms with E-state index < -0.39 is 0 Å². The predicted molar refractivity (Wildman–Crippen MR) is 66.3 cm³/mol. The first kappa shape index (κ1) is 14.0. The Morgan fingerprint density at radius 3 is 1.79 bits per heavy atom. The summed E-state index contributed by atoms with van der Waals surface area (Å²) in [6.45, 7) is 15.7. The van der Waals surface area contributed by atoms with Crippen molar-refractivity contribution in [2.75, 3.05) is 0 Å². The van der Waals surface area contributed by atoms with Crippen molar-refractivity contribution in [3.63, 3.8) is 0 Å². The van der Waals surface area contributed by atoms with Crippen LogP contribution in [0.4, 0.5) is 0 Å². The van der Waals surface area contributed by atoms with Gasteiger partial charge in [-0.3, -0.25) is 0 Å². The molecule has 0 aliphatic rings. The molecule has 0 rings (SSSR count). The van der Waals surface area contributed by atoms with Crippen LogP contribution in [0.15, 0.2) is 0 Å². The van der Waals surface area contributed by atoms with Crippen LogP contribution >= 0.6 is 0 Å². The average Bonchev–Trinajstić information content (AvgIpc) is 2.02. The molecule has 0 aliphatic heterocycles. The Kier molecular flexibility index (Phi) is 5.78. The molecule has 0 aromatic rings. The third-order valence-electron chi connectivity index (χ3n) is 3.74. The van der Waals surface area contributed by atoms with Gasteiger partial charge in [0.1, 0.15) is 0 Å². The van der Waals surface area contributed by atoms with Crippen LogP contribution in [0, 0.1) is 17.8 Å². The smallest absolute Gasteiger partial charge is 0.0303 e. The van der Waals surface area contributed by atoms with Crippen LogP contribution in [-0.4, -0.2) is 0 Å². The first-order valence-corrected chi connectivity index (χ1v) is 6.16. The highest BCUT2D eigenvalue weighted by atomic mass is 14.4. The number of hydrogen-bond donors (Lipinski definition) is 0. The molecule has 0 unspecified atom stereocenters. The molecule has 0 aromatic heterocycles. The predicted octanol–water partition coefficient (Wildman–Crippen LogP) is 5.23. The summed E-state index contributed by atoms with van der Waals surface area (Å²) >= 11 is 0. The lowest BCUT2D eigenvalue weighted by atomic mass is 9.67. The van der Waals surface area contributed by atoms with Crippen LogP contribution < -0.4 is 0 Å². The Morgan fingerprint density at radius 1 is 0.857 bits per heavy atom. The van der Waals surface area contributed by atoms with E-state index in [0.29, 0.717) is 5.41 Å². The second-order valence-electron chi connectivity index (χ2n) is 5.93. The minimum Gasteiger partial charge on any atom is -0.0654 e. The Balaban J connectivity index is 3.67. The second kappa shape index (κ2) is 5.78. The summed E-state index contributed by atoms with van der Waals surface area (Å²) in [5.74, 6) is 0. The highest BCUT2D eigenvalue weighted by Gasteiger charge is 2.31. The summed E-state index contributed by atoms with van der Waals surface area (Å²) in [6, 6.07) is 0. The van der Waals surface area contributed by atoms with Gasteiger partial charge >= 0.3 is 0 Å². The highest BCUT2D eigenvalue weighted by molar-refractivity contribution is 4.87. The van der Waals surface area contributed by atoms with Crippen molar-refractivity contribution >= 4 is 0 Å². The molecule has 0 heteroatoms. The molecular formula is C14H29. The van der Waals surface area contributed by atoms with E-state index in [1.165, 1.54) is 38.5 Å². The van der Waals surface area contributed by atoms with Crippen molar-refractivity contribution in [2.24, 2.45) is 10.8 Å². The van der Waals surface area contributed by atoms with Crippen molar-refractivity contribution < 1.29 is 0 Å². The van der Waals surface area contributed by atoms with Gasteiger partial charge in [-0.05, 0) is 24.2 Å². The first-order valence-electron chi connectivity index (χ1n) is 6.16. The van der Waals surface area contributed by atoms with Crippen LogP contribution in [0.3, 0.4) is 0 Å². The van der Waals surface area contributed by atoms with Crippen molar-refractivity contribution in [1.82, 2.24) is 0 Å². The monoisotopic (exact) mass is 197 g/mol. The maximum atomic E-state index is 4.26. The molecule has 0 nitrogen and oxygen atoms in total. The van der Waals surface area contributed by atoms with Gasteiger partial charge in [0.15, 0.2) is 0 Å². The molecule has 0 saturated heterocycles. The summed E-state index contributed by atoms with van der Waals surface area (Å²) in [5.41, 5.74) is 0.566. The van der Waals surface area contributed by atoms with Crippen molar-refractivity contribution in [1.29, 1.82) is 0 Å². The van der Waals surface area contributed by atoms with E-state index in [1.807, 2.05) is 0 Å². The van der Waals surface area contributed by atoms with Gasteiger partial charge in [0.2, 0.25) is 0 Å². The van der Waals surface area contributed by atoms with Crippen molar-refractivity contribution in [3.05, 3.63) is 6.92 Å². The Morgan fingerprint density at radius 2 is 1.36 bits per heavy atom. The van der Waals surface area contributed by atoms with Gasteiger partial charge in [0, 0.05) is 0 Å². The van der Waals surface area contributed by atoms with Crippen LogP contribution in [0.5, 0.6) is 0 Å². The second-order valence-corrected chi connectivity index (χ2v) is 5.93. The molecule has 0 aromatic carbocycles. The van der Waals surface area contributed by atoms with E-state index in [2.05, 4.69) is 41.5 Å². The standard InChI is InChI=1S/C14H29/c1-7-8-9-10-11-12-14(5,6)13(2,3)4/h2,7-12H2,1,3-6H3. The van der Waals surface area contributed by atoms with Crippen molar-refractivity contribution in [3.8, 4) is 0 Å². The number of unbranched alkanes of at least 4 members (excludes halogenated alkanes) is 4. The molecule has 0 amide bonds. The molecule has 0 bridgehead atoms. The minimum atomic E-state index is 0.192. The number of hydrogen-bond acceptors (Lipinski definition) is 0. The third kappa shape index (κ3) is 5.02. The highest BCUT2D eigenvalue weighted by Crippen LogP contribution is 2.41. The molecule has 0 heterocycles. The molecule has 0 saturated carbocycles. The summed E-state index contributed by atoms with van der Waals surface area (Å²) < 4.78 is 0. The molecule has 0 atom stereocenters. The van der Waals surface area contributed by atoms with Gasteiger partial charge in [-0.1, -0.05) is 66.7 Å². The van der Waals surface area contributed by atoms with Gasteiger partial charge in [0.05, 0.1) is 0 Å². The molecule has 0 N–H and O–H groups in total. The third-order valence-corrected chi connectivity index (χ3v) is 3.74. The number of rotatable bonds is 7. The van der Waals surface area contributed by atoms with E-state index in [-0.39, 0.29) is 5.41 Å². The quantitative estimate of drug-likeness (QED) is 0.490. The average molecular weight is 197 g/mol. The van der Waals surface area contributed by atoms with E-state index in [0.717, 1.165) is 0 Å². The maximum Gasteiger partial charge on any atom is -0.0303 e. The van der Waals surface area contributed by atoms with Crippen molar-refractivity contribution in [2.45, 2.75) is 73.1 Å². The lowest BCUT2D eigenvalue weighted by Gasteiger charge is -2.39. The normalized spacial score (nSPS) is 13.3. The fourth-order valence-electron chi connectivity index (χ4n) is 1.51. The minimum absolute atomic E-state index is 0.192. The van der Waals surface area contributed by atoms with Crippen LogP contribution in [-0.2, 0) is 0 Å². The molecule has 85 valence electrons. The molecule has 0 fully saturated rings.